The lowest BCUT2D eigenvalue weighted by atomic mass is 10.1. The molecule has 0 atom stereocenters. The number of amides is 1. The average molecular weight is 260 g/mol. The fourth-order valence-corrected chi connectivity index (χ4v) is 2.14. The number of likely N-dealkylation sites (N-methyl/N-ethyl adjacent to an activating group) is 1. The molecule has 0 aliphatic carbocycles. The van der Waals surface area contributed by atoms with Crippen LogP contribution in [0.2, 0.25) is 0 Å². The van der Waals surface area contributed by atoms with Crippen LogP contribution in [0.15, 0.2) is 36.9 Å². The van der Waals surface area contributed by atoms with Gasteiger partial charge in [0.2, 0.25) is 5.91 Å². The van der Waals surface area contributed by atoms with Crippen LogP contribution in [-0.2, 0) is 16.1 Å². The molecular weight excluding hydrogens is 240 g/mol. The molecule has 0 aromatic heterocycles. The van der Waals surface area contributed by atoms with Crippen LogP contribution >= 0.6 is 0 Å². The minimum atomic E-state index is -0.0581. The van der Waals surface area contributed by atoms with E-state index in [0.29, 0.717) is 6.54 Å². The van der Waals surface area contributed by atoms with Gasteiger partial charge in [0.1, 0.15) is 0 Å². The number of morpholine rings is 1. The first kappa shape index (κ1) is 13.6. The van der Waals surface area contributed by atoms with E-state index in [4.69, 9.17) is 4.74 Å². The minimum absolute atomic E-state index is 0.0581. The maximum atomic E-state index is 11.4. The van der Waals surface area contributed by atoms with Gasteiger partial charge in [-0.25, -0.2) is 0 Å². The summed E-state index contributed by atoms with van der Waals surface area (Å²) in [6, 6.07) is 8.34. The summed E-state index contributed by atoms with van der Waals surface area (Å²) in [7, 11) is 1.78. The third-order valence-electron chi connectivity index (χ3n) is 3.28. The van der Waals surface area contributed by atoms with Gasteiger partial charge >= 0.3 is 0 Å². The SMILES string of the molecule is C=CC(=O)N(C)Cc1ccc(N2CCOCC2)cc1. The molecule has 0 unspecified atom stereocenters. The zero-order valence-electron chi connectivity index (χ0n) is 11.3. The molecular formula is C15H20N2O2. The summed E-state index contributed by atoms with van der Waals surface area (Å²) in [5.74, 6) is -0.0581. The number of carbonyl (C=O) groups excluding carboxylic acids is 1. The molecule has 102 valence electrons. The Hall–Kier alpha value is -1.81. The highest BCUT2D eigenvalue weighted by Gasteiger charge is 2.11. The third kappa shape index (κ3) is 3.58. The molecule has 0 saturated carbocycles. The number of rotatable bonds is 4. The van der Waals surface area contributed by atoms with Gasteiger partial charge in [-0.2, -0.15) is 0 Å². The van der Waals surface area contributed by atoms with Crippen LogP contribution in [0.3, 0.4) is 0 Å². The van der Waals surface area contributed by atoms with Gasteiger partial charge in [-0.15, -0.1) is 0 Å². The molecule has 1 aromatic carbocycles. The van der Waals surface area contributed by atoms with Crippen molar-refractivity contribution in [1.29, 1.82) is 0 Å². The molecule has 19 heavy (non-hydrogen) atoms. The Balaban J connectivity index is 1.97. The number of nitrogens with zero attached hydrogens (tertiary/aromatic N) is 2. The molecule has 1 aromatic rings. The number of carbonyl (C=O) groups is 1. The van der Waals surface area contributed by atoms with E-state index in [1.54, 1.807) is 11.9 Å². The number of benzene rings is 1. The van der Waals surface area contributed by atoms with Gasteiger partial charge in [0, 0.05) is 32.4 Å². The van der Waals surface area contributed by atoms with Crippen molar-refractivity contribution in [3.8, 4) is 0 Å². The van der Waals surface area contributed by atoms with Crippen LogP contribution in [0.25, 0.3) is 0 Å². The summed E-state index contributed by atoms with van der Waals surface area (Å²) in [6.45, 7) is 7.55. The van der Waals surface area contributed by atoms with Gasteiger partial charge in [0.25, 0.3) is 0 Å². The Morgan fingerprint density at radius 1 is 1.37 bits per heavy atom. The van der Waals surface area contributed by atoms with E-state index < -0.39 is 0 Å². The zero-order valence-corrected chi connectivity index (χ0v) is 11.3. The van der Waals surface area contributed by atoms with E-state index >= 15 is 0 Å². The van der Waals surface area contributed by atoms with E-state index in [9.17, 15) is 4.79 Å². The van der Waals surface area contributed by atoms with E-state index in [-0.39, 0.29) is 5.91 Å². The van der Waals surface area contributed by atoms with Crippen LogP contribution < -0.4 is 4.90 Å². The molecule has 1 aliphatic heterocycles. The molecule has 2 rings (SSSR count). The van der Waals surface area contributed by atoms with Crippen molar-refractivity contribution in [2.75, 3.05) is 38.3 Å². The molecule has 1 fully saturated rings. The smallest absolute Gasteiger partial charge is 0.245 e. The molecule has 4 nitrogen and oxygen atoms in total. The van der Waals surface area contributed by atoms with Crippen molar-refractivity contribution in [2.24, 2.45) is 0 Å². The lowest BCUT2D eigenvalue weighted by Gasteiger charge is -2.29. The Morgan fingerprint density at radius 3 is 2.58 bits per heavy atom. The molecule has 0 spiro atoms. The summed E-state index contributed by atoms with van der Waals surface area (Å²) in [5.41, 5.74) is 2.33. The second-order valence-electron chi connectivity index (χ2n) is 4.66. The Kier molecular flexibility index (Phi) is 4.58. The summed E-state index contributed by atoms with van der Waals surface area (Å²) in [5, 5.41) is 0. The highest BCUT2D eigenvalue weighted by molar-refractivity contribution is 5.86. The van der Waals surface area contributed by atoms with Crippen molar-refractivity contribution >= 4 is 11.6 Å². The highest BCUT2D eigenvalue weighted by Crippen LogP contribution is 2.17. The van der Waals surface area contributed by atoms with E-state index in [2.05, 4.69) is 35.7 Å². The number of hydrogen-bond donors (Lipinski definition) is 0. The van der Waals surface area contributed by atoms with Crippen molar-refractivity contribution < 1.29 is 9.53 Å². The van der Waals surface area contributed by atoms with Gasteiger partial charge in [0.05, 0.1) is 13.2 Å². The third-order valence-corrected chi connectivity index (χ3v) is 3.28. The van der Waals surface area contributed by atoms with Gasteiger partial charge in [-0.1, -0.05) is 18.7 Å². The first-order chi connectivity index (χ1) is 9.20. The summed E-state index contributed by atoms with van der Waals surface area (Å²) in [4.78, 5) is 15.4. The Labute approximate surface area is 114 Å². The normalized spacial score (nSPS) is 15.1. The fraction of sp³-hybridized carbons (Fsp3) is 0.400. The minimum Gasteiger partial charge on any atom is -0.378 e. The van der Waals surface area contributed by atoms with Gasteiger partial charge in [-0.05, 0) is 23.8 Å². The molecule has 0 N–H and O–H groups in total. The quantitative estimate of drug-likeness (QED) is 0.772. The zero-order chi connectivity index (χ0) is 13.7. The van der Waals surface area contributed by atoms with Crippen LogP contribution in [-0.4, -0.2) is 44.2 Å². The van der Waals surface area contributed by atoms with Crippen LogP contribution in [0.1, 0.15) is 5.56 Å². The largest absolute Gasteiger partial charge is 0.378 e. The summed E-state index contributed by atoms with van der Waals surface area (Å²) >= 11 is 0. The van der Waals surface area contributed by atoms with Crippen molar-refractivity contribution in [3.05, 3.63) is 42.5 Å². The molecule has 4 heteroatoms. The second kappa shape index (κ2) is 6.38. The van der Waals surface area contributed by atoms with Crippen LogP contribution in [0.4, 0.5) is 5.69 Å². The lowest BCUT2D eigenvalue weighted by Crippen LogP contribution is -2.36. The predicted octanol–water partition coefficient (Wildman–Crippen LogP) is 1.67. The van der Waals surface area contributed by atoms with E-state index in [1.807, 2.05) is 0 Å². The number of anilines is 1. The maximum Gasteiger partial charge on any atom is 0.245 e. The highest BCUT2D eigenvalue weighted by atomic mass is 16.5. The number of ether oxygens (including phenoxy) is 1. The van der Waals surface area contributed by atoms with Crippen LogP contribution in [0, 0.1) is 0 Å². The molecule has 1 saturated heterocycles. The molecule has 1 aliphatic rings. The Bertz CT molecular complexity index is 436. The first-order valence-electron chi connectivity index (χ1n) is 6.50. The van der Waals surface area contributed by atoms with Crippen LogP contribution in [0.5, 0.6) is 0 Å². The molecule has 0 radical (unpaired) electrons. The van der Waals surface area contributed by atoms with Crippen molar-refractivity contribution in [2.45, 2.75) is 6.54 Å². The van der Waals surface area contributed by atoms with Crippen molar-refractivity contribution in [3.63, 3.8) is 0 Å². The monoisotopic (exact) mass is 260 g/mol. The van der Waals surface area contributed by atoms with Gasteiger partial charge in [0.15, 0.2) is 0 Å². The lowest BCUT2D eigenvalue weighted by molar-refractivity contribution is -0.125. The van der Waals surface area contributed by atoms with Crippen molar-refractivity contribution in [1.82, 2.24) is 4.90 Å². The van der Waals surface area contributed by atoms with E-state index in [1.165, 1.54) is 11.8 Å². The van der Waals surface area contributed by atoms with E-state index in [0.717, 1.165) is 31.9 Å². The molecule has 1 amide bonds. The Morgan fingerprint density at radius 2 is 2.00 bits per heavy atom. The standard InChI is InChI=1S/C15H20N2O2/c1-3-15(18)16(2)12-13-4-6-14(7-5-13)17-8-10-19-11-9-17/h3-7H,1,8-12H2,2H3. The first-order valence-corrected chi connectivity index (χ1v) is 6.50. The van der Waals surface area contributed by atoms with Gasteiger partial charge in [-0.3, -0.25) is 4.79 Å². The van der Waals surface area contributed by atoms with Gasteiger partial charge < -0.3 is 14.5 Å². The summed E-state index contributed by atoms with van der Waals surface area (Å²) in [6.07, 6.45) is 1.34. The molecule has 0 bridgehead atoms. The average Bonchev–Trinajstić information content (AvgIpc) is 2.48. The maximum absolute atomic E-state index is 11.4. The molecule has 1 heterocycles. The second-order valence-corrected chi connectivity index (χ2v) is 4.66. The predicted molar refractivity (Wildman–Crippen MR) is 76.1 cm³/mol. The fourth-order valence-electron chi connectivity index (χ4n) is 2.14. The number of hydrogen-bond acceptors (Lipinski definition) is 3. The summed E-state index contributed by atoms with van der Waals surface area (Å²) < 4.78 is 5.34. The topological polar surface area (TPSA) is 32.8 Å².